The highest BCUT2D eigenvalue weighted by Gasteiger charge is 2.19. The van der Waals surface area contributed by atoms with Crippen LogP contribution in [0, 0.1) is 11.8 Å². The van der Waals surface area contributed by atoms with Crippen LogP contribution in [0.15, 0.2) is 0 Å². The highest BCUT2D eigenvalue weighted by molar-refractivity contribution is 5.71. The first kappa shape index (κ1) is 50.4. The molecule has 0 amide bonds. The first-order valence-electron chi connectivity index (χ1n) is 22.8. The topological polar surface area (TPSA) is 78.9 Å². The summed E-state index contributed by atoms with van der Waals surface area (Å²) in [4.78, 5) is 37.7. The van der Waals surface area contributed by atoms with Gasteiger partial charge in [0, 0.05) is 19.3 Å². The minimum atomic E-state index is -0.760. The molecule has 6 nitrogen and oxygen atoms in total. The van der Waals surface area contributed by atoms with Crippen molar-refractivity contribution >= 4 is 17.9 Å². The van der Waals surface area contributed by atoms with E-state index in [0.717, 1.165) is 69.6 Å². The number of ether oxygens (including phenoxy) is 3. The molecule has 0 aliphatic rings. The van der Waals surface area contributed by atoms with Gasteiger partial charge in [-0.3, -0.25) is 14.4 Å². The van der Waals surface area contributed by atoms with Crippen LogP contribution in [0.25, 0.3) is 0 Å². The number of esters is 3. The molecule has 0 spiro atoms. The van der Waals surface area contributed by atoms with Crippen LogP contribution in [0.1, 0.15) is 247 Å². The second kappa shape index (κ2) is 39.1. The van der Waals surface area contributed by atoms with Gasteiger partial charge in [-0.05, 0) is 31.1 Å². The third kappa shape index (κ3) is 38.1. The summed E-state index contributed by atoms with van der Waals surface area (Å²) < 4.78 is 16.7. The van der Waals surface area contributed by atoms with Gasteiger partial charge in [-0.1, -0.05) is 208 Å². The number of carbonyl (C=O) groups is 3. The van der Waals surface area contributed by atoms with Crippen LogP contribution in [0.3, 0.4) is 0 Å². The Labute approximate surface area is 323 Å². The molecule has 0 aromatic rings. The van der Waals surface area contributed by atoms with Crippen LogP contribution in [0.2, 0.25) is 0 Å². The standard InChI is InChI=1S/C46H88O6/c1-6-8-9-10-11-12-13-14-21-26-31-36-44(47)50-39-43(40-51-45(48)37-32-27-22-17-15-19-24-29-34-41(3)4)52-46(49)38-33-28-23-18-16-20-25-30-35-42(5)7-2/h41-43H,6-40H2,1-5H3/t42?,43-/m0/s1. The summed E-state index contributed by atoms with van der Waals surface area (Å²) in [5.74, 6) is 0.780. The molecule has 0 aromatic heterocycles. The lowest BCUT2D eigenvalue weighted by Gasteiger charge is -2.18. The normalized spacial score (nSPS) is 12.6. The van der Waals surface area contributed by atoms with Crippen molar-refractivity contribution < 1.29 is 28.6 Å². The number of rotatable bonds is 40. The van der Waals surface area contributed by atoms with Crippen molar-refractivity contribution in [3.8, 4) is 0 Å². The van der Waals surface area contributed by atoms with E-state index in [-0.39, 0.29) is 31.1 Å². The molecule has 0 rings (SSSR count). The second-order valence-corrected chi connectivity index (χ2v) is 16.4. The fraction of sp³-hybridized carbons (Fsp3) is 0.935. The molecule has 0 saturated heterocycles. The number of unbranched alkanes of at least 4 members (excludes halogenated alkanes) is 24. The van der Waals surface area contributed by atoms with Gasteiger partial charge in [-0.2, -0.15) is 0 Å². The smallest absolute Gasteiger partial charge is 0.306 e. The molecular formula is C46H88O6. The Bertz CT molecular complexity index is 796. The monoisotopic (exact) mass is 737 g/mol. The Morgan fingerprint density at radius 1 is 0.404 bits per heavy atom. The SMILES string of the molecule is CCCCCCCCCCCCCC(=O)OC[C@@H](COC(=O)CCCCCCCCCCC(C)C)OC(=O)CCCCCCCCCCC(C)CC. The molecule has 52 heavy (non-hydrogen) atoms. The molecule has 6 heteroatoms. The number of hydrogen-bond donors (Lipinski definition) is 0. The van der Waals surface area contributed by atoms with E-state index in [2.05, 4.69) is 34.6 Å². The van der Waals surface area contributed by atoms with Gasteiger partial charge in [0.15, 0.2) is 6.10 Å². The zero-order valence-electron chi connectivity index (χ0n) is 35.4. The summed E-state index contributed by atoms with van der Waals surface area (Å²) in [5.41, 5.74) is 0. The van der Waals surface area contributed by atoms with E-state index in [1.54, 1.807) is 0 Å². The Morgan fingerprint density at radius 2 is 0.731 bits per heavy atom. The summed E-state index contributed by atoms with van der Waals surface area (Å²) in [6, 6.07) is 0. The van der Waals surface area contributed by atoms with Crippen molar-refractivity contribution in [2.75, 3.05) is 13.2 Å². The number of carbonyl (C=O) groups excluding carboxylic acids is 3. The molecule has 0 heterocycles. The largest absolute Gasteiger partial charge is 0.462 e. The minimum Gasteiger partial charge on any atom is -0.462 e. The lowest BCUT2D eigenvalue weighted by atomic mass is 9.99. The molecule has 0 aliphatic heterocycles. The quantitative estimate of drug-likeness (QED) is 0.0354. The maximum Gasteiger partial charge on any atom is 0.306 e. The molecule has 0 radical (unpaired) electrons. The van der Waals surface area contributed by atoms with E-state index in [9.17, 15) is 14.4 Å². The molecule has 308 valence electrons. The fourth-order valence-corrected chi connectivity index (χ4v) is 6.72. The fourth-order valence-electron chi connectivity index (χ4n) is 6.72. The van der Waals surface area contributed by atoms with Crippen LogP contribution in [0.5, 0.6) is 0 Å². The van der Waals surface area contributed by atoms with Gasteiger partial charge in [0.25, 0.3) is 0 Å². The van der Waals surface area contributed by atoms with Crippen LogP contribution >= 0.6 is 0 Å². The van der Waals surface area contributed by atoms with Crippen LogP contribution in [-0.4, -0.2) is 37.2 Å². The molecule has 1 unspecified atom stereocenters. The van der Waals surface area contributed by atoms with Gasteiger partial charge < -0.3 is 14.2 Å². The summed E-state index contributed by atoms with van der Waals surface area (Å²) in [7, 11) is 0. The van der Waals surface area contributed by atoms with Crippen molar-refractivity contribution in [3.63, 3.8) is 0 Å². The van der Waals surface area contributed by atoms with E-state index in [1.165, 1.54) is 135 Å². The predicted octanol–water partition coefficient (Wildman–Crippen LogP) is 14.2. The van der Waals surface area contributed by atoms with Gasteiger partial charge in [-0.25, -0.2) is 0 Å². The molecule has 0 N–H and O–H groups in total. The van der Waals surface area contributed by atoms with E-state index >= 15 is 0 Å². The second-order valence-electron chi connectivity index (χ2n) is 16.4. The zero-order chi connectivity index (χ0) is 38.3. The molecule has 2 atom stereocenters. The minimum absolute atomic E-state index is 0.0654. The maximum absolute atomic E-state index is 12.7. The molecule has 0 aromatic carbocycles. The summed E-state index contributed by atoms with van der Waals surface area (Å²) in [5, 5.41) is 0. The molecule has 0 saturated carbocycles. The van der Waals surface area contributed by atoms with Crippen LogP contribution in [-0.2, 0) is 28.6 Å². The third-order valence-corrected chi connectivity index (χ3v) is 10.6. The van der Waals surface area contributed by atoms with Gasteiger partial charge >= 0.3 is 17.9 Å². The van der Waals surface area contributed by atoms with Crippen molar-refractivity contribution in [1.29, 1.82) is 0 Å². The molecule has 0 bridgehead atoms. The third-order valence-electron chi connectivity index (χ3n) is 10.6. The Balaban J connectivity index is 4.36. The summed E-state index contributed by atoms with van der Waals surface area (Å²) >= 11 is 0. The van der Waals surface area contributed by atoms with Crippen LogP contribution in [0.4, 0.5) is 0 Å². The van der Waals surface area contributed by atoms with Crippen molar-refractivity contribution in [3.05, 3.63) is 0 Å². The van der Waals surface area contributed by atoms with Gasteiger partial charge in [0.2, 0.25) is 0 Å². The Hall–Kier alpha value is -1.59. The average molecular weight is 737 g/mol. The predicted molar refractivity (Wildman–Crippen MR) is 220 cm³/mol. The lowest BCUT2D eigenvalue weighted by molar-refractivity contribution is -0.167. The van der Waals surface area contributed by atoms with E-state index < -0.39 is 6.10 Å². The highest BCUT2D eigenvalue weighted by atomic mass is 16.6. The van der Waals surface area contributed by atoms with Gasteiger partial charge in [0.05, 0.1) is 0 Å². The van der Waals surface area contributed by atoms with Gasteiger partial charge in [-0.15, -0.1) is 0 Å². The van der Waals surface area contributed by atoms with Crippen molar-refractivity contribution in [2.45, 2.75) is 253 Å². The maximum atomic E-state index is 12.7. The van der Waals surface area contributed by atoms with E-state index in [1.807, 2.05) is 0 Å². The summed E-state index contributed by atoms with van der Waals surface area (Å²) in [6.07, 6.45) is 36.5. The number of hydrogen-bond acceptors (Lipinski definition) is 6. The lowest BCUT2D eigenvalue weighted by Crippen LogP contribution is -2.30. The van der Waals surface area contributed by atoms with E-state index in [4.69, 9.17) is 14.2 Å². The molecular weight excluding hydrogens is 648 g/mol. The van der Waals surface area contributed by atoms with Crippen LogP contribution < -0.4 is 0 Å². The first-order valence-corrected chi connectivity index (χ1v) is 22.8. The first-order chi connectivity index (χ1) is 25.3. The Kier molecular flexibility index (Phi) is 37.9. The molecule has 0 fully saturated rings. The highest BCUT2D eigenvalue weighted by Crippen LogP contribution is 2.17. The van der Waals surface area contributed by atoms with Crippen molar-refractivity contribution in [2.24, 2.45) is 11.8 Å². The summed E-state index contributed by atoms with van der Waals surface area (Å²) in [6.45, 7) is 11.3. The molecule has 0 aliphatic carbocycles. The average Bonchev–Trinajstić information content (AvgIpc) is 3.12. The van der Waals surface area contributed by atoms with E-state index in [0.29, 0.717) is 19.3 Å². The zero-order valence-corrected chi connectivity index (χ0v) is 35.4. The Morgan fingerprint density at radius 3 is 1.10 bits per heavy atom. The van der Waals surface area contributed by atoms with Crippen molar-refractivity contribution in [1.82, 2.24) is 0 Å². The van der Waals surface area contributed by atoms with Gasteiger partial charge in [0.1, 0.15) is 13.2 Å².